The number of fused-ring (bicyclic) bond motifs is 6. The van der Waals surface area contributed by atoms with Crippen molar-refractivity contribution in [2.24, 2.45) is 0 Å². The second-order valence-corrected chi connectivity index (χ2v) is 11.2. The standard InChI is InChI=1S/C41H26N2O2/c1-3-12-27(13-4-1)30-16-7-9-19-35(30)43(29-22-23-33-32-17-8-10-21-37(32)44-39(33)26-29)36-20-11-18-34-31(36)24-25-38-40(34)42-41(45-38)28-14-5-2-6-15-28/h1-26H. The van der Waals surface area contributed by atoms with Crippen LogP contribution in [-0.4, -0.2) is 4.98 Å². The average Bonchev–Trinajstić information content (AvgIpc) is 3.72. The Morgan fingerprint density at radius 1 is 0.422 bits per heavy atom. The van der Waals surface area contributed by atoms with Gasteiger partial charge in [-0.05, 0) is 60.2 Å². The van der Waals surface area contributed by atoms with Gasteiger partial charge in [0.1, 0.15) is 16.7 Å². The van der Waals surface area contributed by atoms with Crippen LogP contribution in [-0.2, 0) is 0 Å². The molecule has 0 bridgehead atoms. The molecule has 0 aliphatic carbocycles. The number of hydrogen-bond donors (Lipinski definition) is 0. The van der Waals surface area contributed by atoms with Gasteiger partial charge in [-0.3, -0.25) is 0 Å². The molecule has 2 aromatic heterocycles. The lowest BCUT2D eigenvalue weighted by Crippen LogP contribution is -2.11. The minimum absolute atomic E-state index is 0.616. The highest BCUT2D eigenvalue weighted by molar-refractivity contribution is 6.12. The number of rotatable bonds is 5. The number of anilines is 3. The Morgan fingerprint density at radius 3 is 1.96 bits per heavy atom. The van der Waals surface area contributed by atoms with E-state index >= 15 is 0 Å². The van der Waals surface area contributed by atoms with Gasteiger partial charge in [-0.25, -0.2) is 4.98 Å². The number of nitrogens with zero attached hydrogens (tertiary/aromatic N) is 2. The number of aromatic nitrogens is 1. The summed E-state index contributed by atoms with van der Waals surface area (Å²) in [6, 6.07) is 54.4. The van der Waals surface area contributed by atoms with Crippen LogP contribution in [0.4, 0.5) is 17.1 Å². The Balaban J connectivity index is 1.31. The van der Waals surface area contributed by atoms with Crippen molar-refractivity contribution in [1.82, 2.24) is 4.98 Å². The average molecular weight is 579 g/mol. The Bertz CT molecular complexity index is 2490. The highest BCUT2D eigenvalue weighted by atomic mass is 16.3. The molecule has 0 saturated carbocycles. The molecule has 0 fully saturated rings. The summed E-state index contributed by atoms with van der Waals surface area (Å²) in [5, 5.41) is 4.32. The molecular weight excluding hydrogens is 552 g/mol. The minimum atomic E-state index is 0.616. The molecule has 0 atom stereocenters. The van der Waals surface area contributed by atoms with Crippen LogP contribution >= 0.6 is 0 Å². The van der Waals surface area contributed by atoms with Crippen LogP contribution in [0.25, 0.3) is 66.4 Å². The summed E-state index contributed by atoms with van der Waals surface area (Å²) in [4.78, 5) is 7.32. The van der Waals surface area contributed by atoms with E-state index in [0.29, 0.717) is 5.89 Å². The Hall–Kier alpha value is -6.13. The molecule has 9 rings (SSSR count). The minimum Gasteiger partial charge on any atom is -0.456 e. The van der Waals surface area contributed by atoms with E-state index in [2.05, 4.69) is 114 Å². The first-order chi connectivity index (χ1) is 22.3. The van der Waals surface area contributed by atoms with Crippen molar-refractivity contribution in [3.05, 3.63) is 158 Å². The largest absolute Gasteiger partial charge is 0.456 e. The summed E-state index contributed by atoms with van der Waals surface area (Å²) < 4.78 is 12.6. The van der Waals surface area contributed by atoms with Crippen LogP contribution in [0.2, 0.25) is 0 Å². The van der Waals surface area contributed by atoms with E-state index in [9.17, 15) is 0 Å². The summed E-state index contributed by atoms with van der Waals surface area (Å²) in [5.74, 6) is 0.616. The van der Waals surface area contributed by atoms with Gasteiger partial charge in [0.05, 0.1) is 11.4 Å². The van der Waals surface area contributed by atoms with E-state index in [4.69, 9.17) is 13.8 Å². The van der Waals surface area contributed by atoms with Gasteiger partial charge in [-0.2, -0.15) is 0 Å². The van der Waals surface area contributed by atoms with Crippen molar-refractivity contribution >= 4 is 60.9 Å². The molecule has 7 aromatic carbocycles. The predicted molar refractivity (Wildman–Crippen MR) is 184 cm³/mol. The highest BCUT2D eigenvalue weighted by Crippen LogP contribution is 2.45. The van der Waals surface area contributed by atoms with Gasteiger partial charge in [0.25, 0.3) is 0 Å². The number of benzene rings is 7. The van der Waals surface area contributed by atoms with Gasteiger partial charge in [-0.1, -0.05) is 97.1 Å². The summed E-state index contributed by atoms with van der Waals surface area (Å²) in [7, 11) is 0. The molecule has 212 valence electrons. The second-order valence-electron chi connectivity index (χ2n) is 11.2. The Labute approximate surface area is 259 Å². The van der Waals surface area contributed by atoms with Gasteiger partial charge in [-0.15, -0.1) is 0 Å². The summed E-state index contributed by atoms with van der Waals surface area (Å²) >= 11 is 0. The second kappa shape index (κ2) is 10.2. The summed E-state index contributed by atoms with van der Waals surface area (Å²) in [5.41, 5.74) is 9.68. The molecule has 0 aliphatic heterocycles. The molecule has 0 saturated heterocycles. The molecule has 45 heavy (non-hydrogen) atoms. The van der Waals surface area contributed by atoms with E-state index < -0.39 is 0 Å². The normalized spacial score (nSPS) is 11.6. The number of oxazole rings is 1. The third kappa shape index (κ3) is 4.19. The van der Waals surface area contributed by atoms with Crippen LogP contribution in [0.3, 0.4) is 0 Å². The summed E-state index contributed by atoms with van der Waals surface area (Å²) in [6.07, 6.45) is 0. The Morgan fingerprint density at radius 2 is 1.09 bits per heavy atom. The fourth-order valence-electron chi connectivity index (χ4n) is 6.42. The molecule has 4 heteroatoms. The van der Waals surface area contributed by atoms with Crippen molar-refractivity contribution in [3.63, 3.8) is 0 Å². The van der Waals surface area contributed by atoms with Gasteiger partial charge >= 0.3 is 0 Å². The fourth-order valence-corrected chi connectivity index (χ4v) is 6.42. The number of furan rings is 1. The van der Waals surface area contributed by atoms with Gasteiger partial charge in [0, 0.05) is 44.4 Å². The maximum absolute atomic E-state index is 6.37. The molecule has 0 amide bonds. The first-order valence-electron chi connectivity index (χ1n) is 15.1. The van der Waals surface area contributed by atoms with Crippen LogP contribution in [0.15, 0.2) is 167 Å². The lowest BCUT2D eigenvalue weighted by Gasteiger charge is -2.29. The zero-order valence-electron chi connectivity index (χ0n) is 24.2. The molecule has 9 aromatic rings. The van der Waals surface area contributed by atoms with Crippen molar-refractivity contribution < 1.29 is 8.83 Å². The van der Waals surface area contributed by atoms with E-state index in [1.807, 2.05) is 48.5 Å². The predicted octanol–water partition coefficient (Wildman–Crippen LogP) is 11.7. The smallest absolute Gasteiger partial charge is 0.227 e. The quantitative estimate of drug-likeness (QED) is 0.204. The van der Waals surface area contributed by atoms with Crippen LogP contribution in [0.1, 0.15) is 0 Å². The molecule has 0 spiro atoms. The molecule has 0 radical (unpaired) electrons. The maximum atomic E-state index is 6.37. The van der Waals surface area contributed by atoms with Gasteiger partial charge < -0.3 is 13.7 Å². The van der Waals surface area contributed by atoms with Crippen LogP contribution < -0.4 is 4.90 Å². The molecule has 2 heterocycles. The first kappa shape index (κ1) is 25.4. The van der Waals surface area contributed by atoms with Crippen LogP contribution in [0, 0.1) is 0 Å². The zero-order valence-corrected chi connectivity index (χ0v) is 24.2. The highest BCUT2D eigenvalue weighted by Gasteiger charge is 2.22. The first-order valence-corrected chi connectivity index (χ1v) is 15.1. The fraction of sp³-hybridized carbons (Fsp3) is 0. The lowest BCUT2D eigenvalue weighted by atomic mass is 10.00. The van der Waals surface area contributed by atoms with Crippen molar-refractivity contribution in [2.45, 2.75) is 0 Å². The van der Waals surface area contributed by atoms with Crippen molar-refractivity contribution in [1.29, 1.82) is 0 Å². The van der Waals surface area contributed by atoms with E-state index in [-0.39, 0.29) is 0 Å². The number of hydrogen-bond acceptors (Lipinski definition) is 4. The molecule has 0 N–H and O–H groups in total. The zero-order chi connectivity index (χ0) is 29.7. The van der Waals surface area contributed by atoms with Crippen molar-refractivity contribution in [3.8, 4) is 22.6 Å². The van der Waals surface area contributed by atoms with Gasteiger partial charge in [0.15, 0.2) is 5.58 Å². The third-order valence-corrected chi connectivity index (χ3v) is 8.50. The van der Waals surface area contributed by atoms with E-state index in [0.717, 1.165) is 77.6 Å². The molecule has 0 unspecified atom stereocenters. The maximum Gasteiger partial charge on any atom is 0.227 e. The Kier molecular flexibility index (Phi) is 5.78. The van der Waals surface area contributed by atoms with Gasteiger partial charge in [0.2, 0.25) is 5.89 Å². The monoisotopic (exact) mass is 578 g/mol. The SMILES string of the molecule is c1ccc(-c2nc3c(ccc4c(N(c5ccc6c(c5)oc5ccccc56)c5ccccc5-c5ccccc5)cccc43)o2)cc1. The third-order valence-electron chi connectivity index (χ3n) is 8.50. The van der Waals surface area contributed by atoms with E-state index in [1.165, 1.54) is 0 Å². The molecule has 0 aliphatic rings. The van der Waals surface area contributed by atoms with Crippen LogP contribution in [0.5, 0.6) is 0 Å². The lowest BCUT2D eigenvalue weighted by molar-refractivity contribution is 0.620. The molecule has 4 nitrogen and oxygen atoms in total. The molecular formula is C41H26N2O2. The number of para-hydroxylation sites is 2. The topological polar surface area (TPSA) is 42.4 Å². The van der Waals surface area contributed by atoms with E-state index in [1.54, 1.807) is 0 Å². The summed E-state index contributed by atoms with van der Waals surface area (Å²) in [6.45, 7) is 0. The van der Waals surface area contributed by atoms with Crippen molar-refractivity contribution in [2.75, 3.05) is 4.90 Å².